The van der Waals surface area contributed by atoms with Crippen molar-refractivity contribution >= 4 is 45.2 Å². The van der Waals surface area contributed by atoms with Crippen molar-refractivity contribution in [3.63, 3.8) is 0 Å². The highest BCUT2D eigenvalue weighted by Gasteiger charge is 2.17. The van der Waals surface area contributed by atoms with Crippen LogP contribution in [0.2, 0.25) is 0 Å². The number of hydrogen-bond donors (Lipinski definition) is 3. The quantitative estimate of drug-likeness (QED) is 0.723. The largest absolute Gasteiger partial charge is 0.347 e. The van der Waals surface area contributed by atoms with Gasteiger partial charge in [-0.3, -0.25) is 9.59 Å². The topological polar surface area (TPSA) is 70.2 Å². The normalized spacial score (nSPS) is 17.8. The summed E-state index contributed by atoms with van der Waals surface area (Å²) in [6, 6.07) is 5.84. The van der Waals surface area contributed by atoms with Crippen LogP contribution in [0.1, 0.15) is 12.0 Å². The number of nitrogens with one attached hydrogen (secondary N) is 3. The SMILES string of the molecule is Cc1cc(Br)ccc1NC(=O)CNC(=O)CC1CSCCN1. The second kappa shape index (κ2) is 8.55. The minimum absolute atomic E-state index is 0.00575. The first kappa shape index (κ1) is 17.3. The summed E-state index contributed by atoms with van der Waals surface area (Å²) in [7, 11) is 0. The van der Waals surface area contributed by atoms with Crippen molar-refractivity contribution < 1.29 is 9.59 Å². The van der Waals surface area contributed by atoms with Crippen molar-refractivity contribution in [2.75, 3.05) is 29.9 Å². The molecule has 1 aromatic carbocycles. The first-order valence-electron chi connectivity index (χ1n) is 7.18. The summed E-state index contributed by atoms with van der Waals surface area (Å²) >= 11 is 5.23. The van der Waals surface area contributed by atoms with E-state index < -0.39 is 0 Å². The van der Waals surface area contributed by atoms with Gasteiger partial charge in [-0.15, -0.1) is 0 Å². The van der Waals surface area contributed by atoms with Gasteiger partial charge in [-0.05, 0) is 30.7 Å². The number of carbonyl (C=O) groups is 2. The molecule has 1 heterocycles. The number of hydrogen-bond acceptors (Lipinski definition) is 4. The van der Waals surface area contributed by atoms with E-state index in [1.54, 1.807) is 0 Å². The molecule has 1 atom stereocenters. The molecule has 7 heteroatoms. The molecule has 2 rings (SSSR count). The molecule has 120 valence electrons. The first-order valence-corrected chi connectivity index (χ1v) is 9.13. The zero-order chi connectivity index (χ0) is 15.9. The van der Waals surface area contributed by atoms with Crippen molar-refractivity contribution in [3.8, 4) is 0 Å². The Hall–Kier alpha value is -1.05. The number of halogens is 1. The molecule has 3 N–H and O–H groups in total. The van der Waals surface area contributed by atoms with Crippen molar-refractivity contribution in [2.24, 2.45) is 0 Å². The van der Waals surface area contributed by atoms with Crippen LogP contribution < -0.4 is 16.0 Å². The summed E-state index contributed by atoms with van der Waals surface area (Å²) in [6.07, 6.45) is 0.414. The number of anilines is 1. The zero-order valence-corrected chi connectivity index (χ0v) is 14.9. The van der Waals surface area contributed by atoms with Crippen molar-refractivity contribution in [1.29, 1.82) is 0 Å². The third-order valence-electron chi connectivity index (χ3n) is 3.34. The van der Waals surface area contributed by atoms with E-state index in [-0.39, 0.29) is 24.4 Å². The van der Waals surface area contributed by atoms with E-state index in [9.17, 15) is 9.59 Å². The number of aryl methyl sites for hydroxylation is 1. The molecule has 1 aliphatic heterocycles. The summed E-state index contributed by atoms with van der Waals surface area (Å²) in [5.74, 6) is 1.72. The lowest BCUT2D eigenvalue weighted by molar-refractivity contribution is -0.124. The molecule has 1 aliphatic rings. The highest BCUT2D eigenvalue weighted by Crippen LogP contribution is 2.19. The summed E-state index contributed by atoms with van der Waals surface area (Å²) in [4.78, 5) is 23.7. The summed E-state index contributed by atoms with van der Waals surface area (Å²) < 4.78 is 0.967. The van der Waals surface area contributed by atoms with Crippen LogP contribution in [0.3, 0.4) is 0 Å². The van der Waals surface area contributed by atoms with Gasteiger partial charge >= 0.3 is 0 Å². The lowest BCUT2D eigenvalue weighted by Gasteiger charge is -2.22. The van der Waals surface area contributed by atoms with Gasteiger partial charge in [-0.2, -0.15) is 11.8 Å². The number of thioether (sulfide) groups is 1. The van der Waals surface area contributed by atoms with Crippen LogP contribution in [0.15, 0.2) is 22.7 Å². The summed E-state index contributed by atoms with van der Waals surface area (Å²) in [6.45, 7) is 2.85. The van der Waals surface area contributed by atoms with Gasteiger partial charge in [-0.1, -0.05) is 15.9 Å². The van der Waals surface area contributed by atoms with Crippen LogP contribution in [0.4, 0.5) is 5.69 Å². The average Bonchev–Trinajstić information content (AvgIpc) is 2.49. The van der Waals surface area contributed by atoms with Gasteiger partial charge in [0.1, 0.15) is 0 Å². The number of amides is 2. The third-order valence-corrected chi connectivity index (χ3v) is 4.96. The van der Waals surface area contributed by atoms with Crippen molar-refractivity contribution in [2.45, 2.75) is 19.4 Å². The maximum absolute atomic E-state index is 11.9. The van der Waals surface area contributed by atoms with E-state index in [2.05, 4.69) is 31.9 Å². The molecule has 1 unspecified atom stereocenters. The zero-order valence-electron chi connectivity index (χ0n) is 12.4. The highest BCUT2D eigenvalue weighted by molar-refractivity contribution is 9.10. The molecule has 0 spiro atoms. The van der Waals surface area contributed by atoms with Gasteiger partial charge in [0.25, 0.3) is 0 Å². The van der Waals surface area contributed by atoms with Gasteiger partial charge in [0.05, 0.1) is 6.54 Å². The van der Waals surface area contributed by atoms with Gasteiger partial charge in [0, 0.05) is 40.7 Å². The smallest absolute Gasteiger partial charge is 0.243 e. The molecule has 22 heavy (non-hydrogen) atoms. The van der Waals surface area contributed by atoms with Crippen LogP contribution in [-0.4, -0.2) is 42.5 Å². The Labute approximate surface area is 143 Å². The molecule has 0 aliphatic carbocycles. The predicted octanol–water partition coefficient (Wildman–Crippen LogP) is 1.91. The van der Waals surface area contributed by atoms with E-state index in [0.29, 0.717) is 6.42 Å². The fourth-order valence-corrected chi connectivity index (χ4v) is 3.61. The molecular weight excluding hydrogens is 366 g/mol. The Kier molecular flexibility index (Phi) is 6.72. The fourth-order valence-electron chi connectivity index (χ4n) is 2.19. The molecule has 0 radical (unpaired) electrons. The summed E-state index contributed by atoms with van der Waals surface area (Å²) in [5, 5.41) is 8.78. The predicted molar refractivity (Wildman–Crippen MR) is 94.3 cm³/mol. The number of benzene rings is 1. The fraction of sp³-hybridized carbons (Fsp3) is 0.467. The average molecular weight is 386 g/mol. The van der Waals surface area contributed by atoms with E-state index in [1.807, 2.05) is 36.9 Å². The van der Waals surface area contributed by atoms with Crippen molar-refractivity contribution in [1.82, 2.24) is 10.6 Å². The number of rotatable bonds is 5. The van der Waals surface area contributed by atoms with Crippen LogP contribution in [-0.2, 0) is 9.59 Å². The number of carbonyl (C=O) groups excluding carboxylic acids is 2. The van der Waals surface area contributed by atoms with Crippen LogP contribution in [0.25, 0.3) is 0 Å². The minimum atomic E-state index is -0.218. The minimum Gasteiger partial charge on any atom is -0.347 e. The Morgan fingerprint density at radius 2 is 2.23 bits per heavy atom. The van der Waals surface area contributed by atoms with Gasteiger partial charge in [0.2, 0.25) is 11.8 Å². The first-order chi connectivity index (χ1) is 10.5. The van der Waals surface area contributed by atoms with Gasteiger partial charge in [-0.25, -0.2) is 0 Å². The molecule has 5 nitrogen and oxygen atoms in total. The Balaban J connectivity index is 1.73. The van der Waals surface area contributed by atoms with Crippen LogP contribution >= 0.6 is 27.7 Å². The highest BCUT2D eigenvalue weighted by atomic mass is 79.9. The van der Waals surface area contributed by atoms with E-state index in [0.717, 1.165) is 33.8 Å². The molecule has 1 aromatic rings. The van der Waals surface area contributed by atoms with Gasteiger partial charge in [0.15, 0.2) is 0 Å². The Bertz CT molecular complexity index is 548. The Morgan fingerprint density at radius 3 is 2.91 bits per heavy atom. The van der Waals surface area contributed by atoms with Crippen LogP contribution in [0.5, 0.6) is 0 Å². The second-order valence-electron chi connectivity index (χ2n) is 5.21. The van der Waals surface area contributed by atoms with Crippen molar-refractivity contribution in [3.05, 3.63) is 28.2 Å². The molecule has 1 saturated heterocycles. The lowest BCUT2D eigenvalue weighted by Crippen LogP contribution is -2.42. The molecule has 0 bridgehead atoms. The monoisotopic (exact) mass is 385 g/mol. The third kappa shape index (κ3) is 5.62. The molecule has 0 aromatic heterocycles. The van der Waals surface area contributed by atoms with E-state index in [1.165, 1.54) is 0 Å². The van der Waals surface area contributed by atoms with E-state index >= 15 is 0 Å². The van der Waals surface area contributed by atoms with Crippen LogP contribution in [0, 0.1) is 6.92 Å². The lowest BCUT2D eigenvalue weighted by atomic mass is 10.2. The second-order valence-corrected chi connectivity index (χ2v) is 7.28. The maximum atomic E-state index is 11.9. The molecule has 1 fully saturated rings. The summed E-state index contributed by atoms with van der Waals surface area (Å²) in [5.41, 5.74) is 1.73. The standard InChI is InChI=1S/C15H20BrN3O2S/c1-10-6-11(16)2-3-13(10)19-15(21)8-18-14(20)7-12-9-22-5-4-17-12/h2-3,6,12,17H,4-5,7-9H2,1H3,(H,18,20)(H,19,21). The van der Waals surface area contributed by atoms with Gasteiger partial charge < -0.3 is 16.0 Å². The molecule has 2 amide bonds. The molecular formula is C15H20BrN3O2S. The van der Waals surface area contributed by atoms with E-state index in [4.69, 9.17) is 0 Å². The Morgan fingerprint density at radius 1 is 1.41 bits per heavy atom. The maximum Gasteiger partial charge on any atom is 0.243 e. The molecule has 0 saturated carbocycles.